The average molecular weight is 547 g/mol. The van der Waals surface area contributed by atoms with E-state index >= 15 is 0 Å². The first-order valence-corrected chi connectivity index (χ1v) is 13.5. The summed E-state index contributed by atoms with van der Waals surface area (Å²) in [5.74, 6) is 1.15. The van der Waals surface area contributed by atoms with E-state index in [-0.39, 0.29) is 5.75 Å². The maximum absolute atomic E-state index is 12.8. The van der Waals surface area contributed by atoms with Gasteiger partial charge >= 0.3 is 0 Å². The quantitative estimate of drug-likeness (QED) is 0.336. The Bertz CT molecular complexity index is 791. The second-order valence-corrected chi connectivity index (χ2v) is 11.5. The van der Waals surface area contributed by atoms with Crippen molar-refractivity contribution in [2.75, 3.05) is 18.4 Å². The molecule has 0 fully saturated rings. The van der Waals surface area contributed by atoms with E-state index in [1.54, 1.807) is 4.31 Å². The van der Waals surface area contributed by atoms with Gasteiger partial charge in [0.1, 0.15) is 0 Å². The third-order valence-corrected chi connectivity index (χ3v) is 7.67. The molecule has 6 heteroatoms. The van der Waals surface area contributed by atoms with Crippen LogP contribution in [0.5, 0.6) is 0 Å². The molecule has 0 spiro atoms. The lowest BCUT2D eigenvalue weighted by Crippen LogP contribution is -2.36. The van der Waals surface area contributed by atoms with Gasteiger partial charge in [-0.25, -0.2) is 12.7 Å². The Kier molecular flexibility index (Phi) is 12.3. The number of halogens is 2. The van der Waals surface area contributed by atoms with E-state index in [1.165, 1.54) is 0 Å². The summed E-state index contributed by atoms with van der Waals surface area (Å²) < 4.78 is 28.3. The molecule has 0 bridgehead atoms. The monoisotopic (exact) mass is 545 g/mol. The largest absolute Gasteiger partial charge is 0.218 e. The first kappa shape index (κ1) is 26.3. The first-order chi connectivity index (χ1) is 13.6. The van der Waals surface area contributed by atoms with Gasteiger partial charge in [0.25, 0.3) is 0 Å². The zero-order valence-corrected chi connectivity index (χ0v) is 21.8. The third kappa shape index (κ3) is 11.3. The van der Waals surface area contributed by atoms with E-state index in [4.69, 9.17) is 0 Å². The lowest BCUT2D eigenvalue weighted by molar-refractivity contribution is 0.369. The van der Waals surface area contributed by atoms with Crippen molar-refractivity contribution in [2.45, 2.75) is 39.9 Å². The highest BCUT2D eigenvalue weighted by Crippen LogP contribution is 2.16. The van der Waals surface area contributed by atoms with Crippen molar-refractivity contribution in [2.24, 2.45) is 11.8 Å². The summed E-state index contributed by atoms with van der Waals surface area (Å²) in [6, 6.07) is 17.4. The molecule has 0 aliphatic rings. The number of hydrogen-bond donors (Lipinski definition) is 0. The number of rotatable bonds is 9. The minimum Gasteiger partial charge on any atom is -0.212 e. The Morgan fingerprint density at radius 1 is 0.862 bits per heavy atom. The van der Waals surface area contributed by atoms with E-state index in [9.17, 15) is 8.42 Å². The van der Waals surface area contributed by atoms with Gasteiger partial charge in [-0.1, -0.05) is 102 Å². The van der Waals surface area contributed by atoms with E-state index < -0.39 is 10.0 Å². The third-order valence-electron chi connectivity index (χ3n) is 4.03. The molecule has 0 N–H and O–H groups in total. The normalized spacial score (nSPS) is 11.6. The molecule has 0 heterocycles. The predicted octanol–water partition coefficient (Wildman–Crippen LogP) is 6.52. The average Bonchev–Trinajstić information content (AvgIpc) is 2.67. The van der Waals surface area contributed by atoms with Crippen molar-refractivity contribution < 1.29 is 8.42 Å². The fourth-order valence-corrected chi connectivity index (χ4v) is 4.49. The van der Waals surface area contributed by atoms with E-state index in [2.05, 4.69) is 45.7 Å². The summed E-state index contributed by atoms with van der Waals surface area (Å²) >= 11 is 6.73. The second kappa shape index (κ2) is 13.6. The van der Waals surface area contributed by atoms with Gasteiger partial charge in [-0.2, -0.15) is 0 Å². The SMILES string of the molecule is CC(C)CBr.CC(C)CN(CCc1ccc(Br)cc1)S(=O)(=O)Cc1ccccc1. The number of benzene rings is 2. The molecule has 2 aromatic carbocycles. The molecule has 0 saturated heterocycles. The molecular weight excluding hydrogens is 514 g/mol. The van der Waals surface area contributed by atoms with Gasteiger partial charge in [0, 0.05) is 22.9 Å². The maximum atomic E-state index is 12.8. The van der Waals surface area contributed by atoms with Gasteiger partial charge in [-0.05, 0) is 41.5 Å². The topological polar surface area (TPSA) is 37.4 Å². The van der Waals surface area contributed by atoms with Crippen molar-refractivity contribution in [1.82, 2.24) is 4.31 Å². The fraction of sp³-hybridized carbons (Fsp3) is 0.478. The number of nitrogens with zero attached hydrogens (tertiary/aromatic N) is 1. The molecule has 0 aliphatic carbocycles. The van der Waals surface area contributed by atoms with Gasteiger partial charge in [0.15, 0.2) is 0 Å². The number of sulfonamides is 1. The highest BCUT2D eigenvalue weighted by molar-refractivity contribution is 9.10. The minimum absolute atomic E-state index is 0.0564. The Morgan fingerprint density at radius 2 is 1.41 bits per heavy atom. The molecular formula is C23H33Br2NO2S. The summed E-state index contributed by atoms with van der Waals surface area (Å²) in [4.78, 5) is 0. The van der Waals surface area contributed by atoms with Crippen LogP contribution in [0.1, 0.15) is 38.8 Å². The lowest BCUT2D eigenvalue weighted by atomic mass is 10.1. The van der Waals surface area contributed by atoms with Crippen LogP contribution in [-0.4, -0.2) is 31.1 Å². The molecule has 2 rings (SSSR count). The van der Waals surface area contributed by atoms with Crippen LogP contribution in [0.15, 0.2) is 59.1 Å². The van der Waals surface area contributed by atoms with E-state index in [0.717, 1.165) is 26.8 Å². The number of hydrogen-bond acceptors (Lipinski definition) is 2. The van der Waals surface area contributed by atoms with Crippen LogP contribution in [0.2, 0.25) is 0 Å². The standard InChI is InChI=1S/C19H24BrNO2S.C4H9Br/c1-16(2)14-21(13-12-17-8-10-19(20)11-9-17)24(22,23)15-18-6-4-3-5-7-18;1-4(2)3-5/h3-11,16H,12-15H2,1-2H3;4H,3H2,1-2H3. The van der Waals surface area contributed by atoms with Crippen LogP contribution in [-0.2, 0) is 22.2 Å². The van der Waals surface area contributed by atoms with Crippen molar-refractivity contribution in [3.63, 3.8) is 0 Å². The Labute approximate surface area is 194 Å². The maximum Gasteiger partial charge on any atom is 0.218 e. The molecule has 162 valence electrons. The van der Waals surface area contributed by atoms with Gasteiger partial charge in [-0.3, -0.25) is 0 Å². The summed E-state index contributed by atoms with van der Waals surface area (Å²) in [6.07, 6.45) is 0.716. The van der Waals surface area contributed by atoms with Gasteiger partial charge in [0.2, 0.25) is 10.0 Å². The Morgan fingerprint density at radius 3 is 1.90 bits per heavy atom. The molecule has 0 saturated carbocycles. The predicted molar refractivity (Wildman–Crippen MR) is 132 cm³/mol. The van der Waals surface area contributed by atoms with Crippen LogP contribution in [0.25, 0.3) is 0 Å². The van der Waals surface area contributed by atoms with Crippen LogP contribution in [0.4, 0.5) is 0 Å². The van der Waals surface area contributed by atoms with Crippen LogP contribution in [0, 0.1) is 11.8 Å². The van der Waals surface area contributed by atoms with Gasteiger partial charge in [-0.15, -0.1) is 0 Å². The molecule has 2 aromatic rings. The summed E-state index contributed by atoms with van der Waals surface area (Å²) in [5.41, 5.74) is 1.97. The van der Waals surface area contributed by atoms with Crippen LogP contribution >= 0.6 is 31.9 Å². The molecule has 0 unspecified atom stereocenters. The molecule has 0 aliphatic heterocycles. The highest BCUT2D eigenvalue weighted by atomic mass is 79.9. The van der Waals surface area contributed by atoms with Crippen molar-refractivity contribution in [1.29, 1.82) is 0 Å². The first-order valence-electron chi connectivity index (χ1n) is 9.96. The van der Waals surface area contributed by atoms with Crippen molar-refractivity contribution >= 4 is 41.9 Å². The van der Waals surface area contributed by atoms with E-state index in [1.807, 2.05) is 68.4 Å². The smallest absolute Gasteiger partial charge is 0.212 e. The van der Waals surface area contributed by atoms with E-state index in [0.29, 0.717) is 25.4 Å². The van der Waals surface area contributed by atoms with Crippen molar-refractivity contribution in [3.8, 4) is 0 Å². The Balaban J connectivity index is 0.000000749. The lowest BCUT2D eigenvalue weighted by Gasteiger charge is -2.24. The molecule has 29 heavy (non-hydrogen) atoms. The second-order valence-electron chi connectivity index (χ2n) is 7.92. The molecule has 3 nitrogen and oxygen atoms in total. The zero-order chi connectivity index (χ0) is 21.9. The fourth-order valence-electron chi connectivity index (χ4n) is 2.53. The zero-order valence-electron chi connectivity index (χ0n) is 17.8. The number of alkyl halides is 1. The molecule has 0 amide bonds. The summed E-state index contributed by atoms with van der Waals surface area (Å²) in [7, 11) is -3.32. The van der Waals surface area contributed by atoms with Crippen LogP contribution in [0.3, 0.4) is 0 Å². The van der Waals surface area contributed by atoms with Gasteiger partial charge < -0.3 is 0 Å². The molecule has 0 aromatic heterocycles. The summed E-state index contributed by atoms with van der Waals surface area (Å²) in [6.45, 7) is 9.50. The summed E-state index contributed by atoms with van der Waals surface area (Å²) in [5, 5.41) is 1.12. The highest BCUT2D eigenvalue weighted by Gasteiger charge is 2.23. The van der Waals surface area contributed by atoms with Crippen LogP contribution < -0.4 is 0 Å². The minimum atomic E-state index is -3.32. The van der Waals surface area contributed by atoms with Crippen molar-refractivity contribution in [3.05, 3.63) is 70.2 Å². The Hall–Kier alpha value is -0.690. The van der Waals surface area contributed by atoms with Gasteiger partial charge in [0.05, 0.1) is 5.75 Å². The molecule has 0 atom stereocenters. The molecule has 0 radical (unpaired) electrons.